The highest BCUT2D eigenvalue weighted by atomic mass is 127. The van der Waals surface area contributed by atoms with Crippen LogP contribution in [0, 0.1) is 3.70 Å². The Bertz CT molecular complexity index is 456. The molecule has 0 N–H and O–H groups in total. The van der Waals surface area contributed by atoms with E-state index in [2.05, 4.69) is 33.6 Å². The summed E-state index contributed by atoms with van der Waals surface area (Å²) >= 11 is 2.21. The van der Waals surface area contributed by atoms with Crippen LogP contribution in [0.2, 0.25) is 0 Å². The zero-order valence-corrected chi connectivity index (χ0v) is 9.98. The van der Waals surface area contributed by atoms with Gasteiger partial charge in [0.1, 0.15) is 9.45 Å². The Morgan fingerprint density at radius 1 is 1.29 bits per heavy atom. The Morgan fingerprint density at radius 2 is 2.14 bits per heavy atom. The van der Waals surface area contributed by atoms with Gasteiger partial charge in [-0.3, -0.25) is 0 Å². The highest BCUT2D eigenvalue weighted by Gasteiger charge is 2.01. The minimum atomic E-state index is 0.686. The molecule has 2 aromatic rings. The summed E-state index contributed by atoms with van der Waals surface area (Å²) in [5, 5.41) is 1.08. The number of benzene rings is 1. The maximum Gasteiger partial charge on any atom is 0.128 e. The van der Waals surface area contributed by atoms with Gasteiger partial charge in [-0.25, -0.2) is 4.98 Å². The largest absolute Gasteiger partial charge is 0.493 e. The summed E-state index contributed by atoms with van der Waals surface area (Å²) in [4.78, 5) is 4.43. The predicted octanol–water partition coefficient (Wildman–Crippen LogP) is 3.24. The first kappa shape index (κ1) is 9.71. The summed E-state index contributed by atoms with van der Waals surface area (Å²) in [6.45, 7) is 2.67. The zero-order chi connectivity index (χ0) is 9.97. The molecule has 14 heavy (non-hydrogen) atoms. The van der Waals surface area contributed by atoms with Gasteiger partial charge in [-0.2, -0.15) is 0 Å². The van der Waals surface area contributed by atoms with Crippen molar-refractivity contribution in [1.29, 1.82) is 0 Å². The van der Waals surface area contributed by atoms with E-state index >= 15 is 0 Å². The normalized spacial score (nSPS) is 10.4. The van der Waals surface area contributed by atoms with Crippen molar-refractivity contribution in [2.75, 3.05) is 6.61 Å². The Kier molecular flexibility index (Phi) is 2.86. The molecule has 1 aromatic carbocycles. The first-order chi connectivity index (χ1) is 6.81. The van der Waals surface area contributed by atoms with Gasteiger partial charge in [0.2, 0.25) is 0 Å². The highest BCUT2D eigenvalue weighted by molar-refractivity contribution is 14.1. The van der Waals surface area contributed by atoms with Crippen LogP contribution in [0.1, 0.15) is 6.92 Å². The van der Waals surface area contributed by atoms with Crippen LogP contribution in [0.3, 0.4) is 0 Å². The van der Waals surface area contributed by atoms with Crippen LogP contribution in [0.4, 0.5) is 0 Å². The zero-order valence-electron chi connectivity index (χ0n) is 7.83. The minimum Gasteiger partial charge on any atom is -0.493 e. The van der Waals surface area contributed by atoms with E-state index in [1.54, 1.807) is 0 Å². The molecule has 0 amide bonds. The number of halogens is 1. The molecule has 0 saturated heterocycles. The highest BCUT2D eigenvalue weighted by Crippen LogP contribution is 2.24. The molecule has 0 fully saturated rings. The number of aromatic nitrogens is 1. The van der Waals surface area contributed by atoms with Crippen molar-refractivity contribution in [2.45, 2.75) is 6.92 Å². The van der Waals surface area contributed by atoms with Crippen LogP contribution in [0.15, 0.2) is 30.3 Å². The maximum atomic E-state index is 5.52. The molecule has 0 aliphatic heterocycles. The summed E-state index contributed by atoms with van der Waals surface area (Å²) in [5.41, 5.74) is 0.989. The molecule has 1 heterocycles. The fourth-order valence-corrected chi connectivity index (χ4v) is 1.82. The molecule has 0 atom stereocenters. The standard InChI is InChI=1S/C11H10INO/c1-2-14-10-5-3-4-9-8(10)6-7-11(12)13-9/h3-7H,2H2,1H3. The maximum absolute atomic E-state index is 5.52. The quantitative estimate of drug-likeness (QED) is 0.627. The summed E-state index contributed by atoms with van der Waals surface area (Å²) in [6.07, 6.45) is 0. The van der Waals surface area contributed by atoms with Crippen molar-refractivity contribution in [3.63, 3.8) is 0 Å². The van der Waals surface area contributed by atoms with Gasteiger partial charge >= 0.3 is 0 Å². The van der Waals surface area contributed by atoms with Gasteiger partial charge in [0, 0.05) is 5.39 Å². The van der Waals surface area contributed by atoms with Crippen LogP contribution < -0.4 is 4.74 Å². The average Bonchev–Trinajstić information content (AvgIpc) is 2.18. The fourth-order valence-electron chi connectivity index (χ4n) is 1.38. The molecule has 0 aliphatic rings. The van der Waals surface area contributed by atoms with E-state index in [1.165, 1.54) is 0 Å². The summed E-state index contributed by atoms with van der Waals surface area (Å²) in [5.74, 6) is 0.911. The van der Waals surface area contributed by atoms with Gasteiger partial charge in [-0.1, -0.05) is 6.07 Å². The smallest absolute Gasteiger partial charge is 0.128 e. The molecule has 0 saturated carbocycles. The third-order valence-electron chi connectivity index (χ3n) is 1.96. The van der Waals surface area contributed by atoms with Crippen LogP contribution in [0.25, 0.3) is 10.9 Å². The van der Waals surface area contributed by atoms with Crippen molar-refractivity contribution in [2.24, 2.45) is 0 Å². The number of nitrogens with zero attached hydrogens (tertiary/aromatic N) is 1. The lowest BCUT2D eigenvalue weighted by Gasteiger charge is -2.06. The van der Waals surface area contributed by atoms with E-state index in [0.717, 1.165) is 20.4 Å². The second kappa shape index (κ2) is 4.13. The second-order valence-electron chi connectivity index (χ2n) is 2.89. The topological polar surface area (TPSA) is 22.1 Å². The van der Waals surface area contributed by atoms with Gasteiger partial charge in [0.25, 0.3) is 0 Å². The molecule has 2 rings (SSSR count). The monoisotopic (exact) mass is 299 g/mol. The molecule has 0 spiro atoms. The van der Waals surface area contributed by atoms with Crippen molar-refractivity contribution < 1.29 is 4.74 Å². The van der Waals surface area contributed by atoms with Gasteiger partial charge in [-0.05, 0) is 53.8 Å². The number of hydrogen-bond acceptors (Lipinski definition) is 2. The Labute approximate surface area is 96.4 Å². The molecule has 0 bridgehead atoms. The van der Waals surface area contributed by atoms with Crippen LogP contribution in [0.5, 0.6) is 5.75 Å². The fraction of sp³-hybridized carbons (Fsp3) is 0.182. The van der Waals surface area contributed by atoms with Crippen molar-refractivity contribution in [3.8, 4) is 5.75 Å². The molecule has 3 heteroatoms. The number of pyridine rings is 1. The lowest BCUT2D eigenvalue weighted by Crippen LogP contribution is -1.93. The number of fused-ring (bicyclic) bond motifs is 1. The molecule has 1 aromatic heterocycles. The first-order valence-corrected chi connectivity index (χ1v) is 5.57. The van der Waals surface area contributed by atoms with Crippen LogP contribution in [-0.2, 0) is 0 Å². The van der Waals surface area contributed by atoms with Crippen molar-refractivity contribution >= 4 is 33.5 Å². The van der Waals surface area contributed by atoms with Gasteiger partial charge in [-0.15, -0.1) is 0 Å². The first-order valence-electron chi connectivity index (χ1n) is 4.49. The van der Waals surface area contributed by atoms with Gasteiger partial charge in [0.15, 0.2) is 0 Å². The Hall–Kier alpha value is -0.840. The van der Waals surface area contributed by atoms with Crippen LogP contribution >= 0.6 is 22.6 Å². The molecular weight excluding hydrogens is 289 g/mol. The SMILES string of the molecule is CCOc1cccc2nc(I)ccc12. The minimum absolute atomic E-state index is 0.686. The molecular formula is C11H10INO. The second-order valence-corrected chi connectivity index (χ2v) is 4.00. The third kappa shape index (κ3) is 1.82. The van der Waals surface area contributed by atoms with E-state index in [4.69, 9.17) is 4.74 Å². The molecule has 0 unspecified atom stereocenters. The molecule has 72 valence electrons. The molecule has 0 radical (unpaired) electrons. The lowest BCUT2D eigenvalue weighted by molar-refractivity contribution is 0.344. The van der Waals surface area contributed by atoms with E-state index < -0.39 is 0 Å². The van der Waals surface area contributed by atoms with Gasteiger partial charge < -0.3 is 4.74 Å². The van der Waals surface area contributed by atoms with Crippen molar-refractivity contribution in [1.82, 2.24) is 4.98 Å². The van der Waals surface area contributed by atoms with E-state index in [1.807, 2.05) is 31.2 Å². The lowest BCUT2D eigenvalue weighted by atomic mass is 10.2. The van der Waals surface area contributed by atoms with Crippen LogP contribution in [-0.4, -0.2) is 11.6 Å². The number of hydrogen-bond donors (Lipinski definition) is 0. The summed E-state index contributed by atoms with van der Waals surface area (Å²) in [7, 11) is 0. The van der Waals surface area contributed by atoms with E-state index in [9.17, 15) is 0 Å². The van der Waals surface area contributed by atoms with E-state index in [-0.39, 0.29) is 0 Å². The number of ether oxygens (including phenoxy) is 1. The molecule has 0 aliphatic carbocycles. The van der Waals surface area contributed by atoms with E-state index in [0.29, 0.717) is 6.61 Å². The van der Waals surface area contributed by atoms with Crippen molar-refractivity contribution in [3.05, 3.63) is 34.0 Å². The third-order valence-corrected chi connectivity index (χ3v) is 2.56. The van der Waals surface area contributed by atoms with Gasteiger partial charge in [0.05, 0.1) is 12.1 Å². The predicted molar refractivity (Wildman–Crippen MR) is 65.6 cm³/mol. The number of rotatable bonds is 2. The molecule has 2 nitrogen and oxygen atoms in total. The Morgan fingerprint density at radius 3 is 2.93 bits per heavy atom. The summed E-state index contributed by atoms with van der Waals surface area (Å²) in [6, 6.07) is 9.98. The average molecular weight is 299 g/mol. The Balaban J connectivity index is 2.62. The summed E-state index contributed by atoms with van der Waals surface area (Å²) < 4.78 is 6.52.